The van der Waals surface area contributed by atoms with Gasteiger partial charge in [-0.15, -0.1) is 6.58 Å². The summed E-state index contributed by atoms with van der Waals surface area (Å²) in [4.78, 5) is 2.46. The number of halogens is 1. The lowest BCUT2D eigenvalue weighted by Crippen LogP contribution is -2.44. The van der Waals surface area contributed by atoms with Crippen molar-refractivity contribution in [3.8, 4) is 0 Å². The summed E-state index contributed by atoms with van der Waals surface area (Å²) in [7, 11) is 0. The van der Waals surface area contributed by atoms with Crippen molar-refractivity contribution in [3.05, 3.63) is 47.0 Å². The van der Waals surface area contributed by atoms with Crippen LogP contribution in [-0.2, 0) is 0 Å². The van der Waals surface area contributed by atoms with Crippen LogP contribution < -0.4 is 5.32 Å². The Morgan fingerprint density at radius 2 is 2.00 bits per heavy atom. The second kappa shape index (κ2) is 5.62. The highest BCUT2D eigenvalue weighted by atomic mass is 79.9. The van der Waals surface area contributed by atoms with Gasteiger partial charge in [-0.25, -0.2) is 0 Å². The maximum atomic E-state index is 3.97. The molecule has 3 heteroatoms. The molecular weight excluding hydrogens is 264 g/mol. The van der Waals surface area contributed by atoms with Crippen LogP contribution in [0.4, 0.5) is 0 Å². The van der Waals surface area contributed by atoms with Crippen molar-refractivity contribution in [3.63, 3.8) is 0 Å². The van der Waals surface area contributed by atoms with E-state index in [4.69, 9.17) is 0 Å². The molecule has 2 rings (SSSR count). The Balaban J connectivity index is 2.21. The molecule has 0 aliphatic carbocycles. The van der Waals surface area contributed by atoms with Gasteiger partial charge in [0.15, 0.2) is 0 Å². The fourth-order valence-corrected chi connectivity index (χ4v) is 2.67. The summed E-state index contributed by atoms with van der Waals surface area (Å²) >= 11 is 3.61. The first-order valence-corrected chi connectivity index (χ1v) is 6.44. The van der Waals surface area contributed by atoms with E-state index in [-0.39, 0.29) is 0 Å². The van der Waals surface area contributed by atoms with Crippen LogP contribution in [0, 0.1) is 0 Å². The van der Waals surface area contributed by atoms with Crippen LogP contribution in [0.2, 0.25) is 0 Å². The van der Waals surface area contributed by atoms with Crippen molar-refractivity contribution in [2.24, 2.45) is 0 Å². The quantitative estimate of drug-likeness (QED) is 0.857. The topological polar surface area (TPSA) is 15.3 Å². The van der Waals surface area contributed by atoms with Gasteiger partial charge in [0.25, 0.3) is 0 Å². The van der Waals surface area contributed by atoms with Gasteiger partial charge in [-0.2, -0.15) is 0 Å². The SMILES string of the molecule is C=C[C@H](c1ccccc1Br)N1CCNCC1. The summed E-state index contributed by atoms with van der Waals surface area (Å²) < 4.78 is 1.17. The number of hydrogen-bond acceptors (Lipinski definition) is 2. The summed E-state index contributed by atoms with van der Waals surface area (Å²) in [6.45, 7) is 8.26. The maximum absolute atomic E-state index is 3.97. The molecule has 1 heterocycles. The Morgan fingerprint density at radius 3 is 2.62 bits per heavy atom. The lowest BCUT2D eigenvalue weighted by molar-refractivity contribution is 0.203. The van der Waals surface area contributed by atoms with Crippen molar-refractivity contribution in [1.82, 2.24) is 10.2 Å². The van der Waals surface area contributed by atoms with Crippen LogP contribution in [0.3, 0.4) is 0 Å². The van der Waals surface area contributed by atoms with Crippen molar-refractivity contribution >= 4 is 15.9 Å². The van der Waals surface area contributed by atoms with Gasteiger partial charge in [-0.1, -0.05) is 40.2 Å². The molecule has 2 nitrogen and oxygen atoms in total. The molecule has 0 saturated carbocycles. The van der Waals surface area contributed by atoms with Gasteiger partial charge in [0.1, 0.15) is 0 Å². The van der Waals surface area contributed by atoms with E-state index in [1.807, 2.05) is 12.1 Å². The Morgan fingerprint density at radius 1 is 1.31 bits per heavy atom. The Bertz CT molecular complexity index is 359. The summed E-state index contributed by atoms with van der Waals surface area (Å²) in [6.07, 6.45) is 2.03. The van der Waals surface area contributed by atoms with Gasteiger partial charge in [0, 0.05) is 30.7 Å². The minimum Gasteiger partial charge on any atom is -0.314 e. The van der Waals surface area contributed by atoms with E-state index in [2.05, 4.69) is 50.9 Å². The first-order valence-electron chi connectivity index (χ1n) is 5.64. The lowest BCUT2D eigenvalue weighted by Gasteiger charge is -2.33. The molecule has 1 saturated heterocycles. The second-order valence-corrected chi connectivity index (χ2v) is 4.84. The zero-order valence-corrected chi connectivity index (χ0v) is 10.9. The Labute approximate surface area is 105 Å². The molecule has 1 aromatic rings. The molecule has 1 N–H and O–H groups in total. The standard InChI is InChI=1S/C13H17BrN2/c1-2-13(16-9-7-15-8-10-16)11-5-3-4-6-12(11)14/h2-6,13,15H,1,7-10H2/t13-/m1/s1. The van der Waals surface area contributed by atoms with Crippen LogP contribution in [0.15, 0.2) is 41.4 Å². The molecule has 0 aromatic heterocycles. The minimum atomic E-state index is 0.317. The van der Waals surface area contributed by atoms with E-state index < -0.39 is 0 Å². The van der Waals surface area contributed by atoms with Crippen molar-refractivity contribution in [1.29, 1.82) is 0 Å². The van der Waals surface area contributed by atoms with Gasteiger partial charge in [-0.3, -0.25) is 4.90 Å². The van der Waals surface area contributed by atoms with Crippen LogP contribution in [-0.4, -0.2) is 31.1 Å². The van der Waals surface area contributed by atoms with Crippen molar-refractivity contribution in [2.45, 2.75) is 6.04 Å². The number of nitrogens with one attached hydrogen (secondary N) is 1. The first kappa shape index (κ1) is 11.8. The molecule has 1 atom stereocenters. The summed E-state index contributed by atoms with van der Waals surface area (Å²) in [6, 6.07) is 8.70. The van der Waals surface area contributed by atoms with E-state index in [9.17, 15) is 0 Å². The monoisotopic (exact) mass is 280 g/mol. The molecule has 1 aliphatic heterocycles. The van der Waals surface area contributed by atoms with E-state index in [1.54, 1.807) is 0 Å². The Kier molecular flexibility index (Phi) is 4.16. The molecule has 0 radical (unpaired) electrons. The third kappa shape index (κ3) is 2.54. The highest BCUT2D eigenvalue weighted by Crippen LogP contribution is 2.28. The molecule has 0 amide bonds. The normalized spacial score (nSPS) is 19.3. The van der Waals surface area contributed by atoms with E-state index >= 15 is 0 Å². The summed E-state index contributed by atoms with van der Waals surface area (Å²) in [5, 5.41) is 3.37. The number of nitrogens with zero attached hydrogens (tertiary/aromatic N) is 1. The predicted molar refractivity (Wildman–Crippen MR) is 71.5 cm³/mol. The highest BCUT2D eigenvalue weighted by Gasteiger charge is 2.20. The molecule has 0 bridgehead atoms. The molecule has 1 aliphatic rings. The average molecular weight is 281 g/mol. The third-order valence-corrected chi connectivity index (χ3v) is 3.71. The first-order chi connectivity index (χ1) is 7.83. The van der Waals surface area contributed by atoms with E-state index in [1.165, 1.54) is 10.0 Å². The zero-order valence-electron chi connectivity index (χ0n) is 9.32. The largest absolute Gasteiger partial charge is 0.314 e. The van der Waals surface area contributed by atoms with Gasteiger partial charge in [0.05, 0.1) is 6.04 Å². The van der Waals surface area contributed by atoms with E-state index in [0.29, 0.717) is 6.04 Å². The summed E-state index contributed by atoms with van der Waals surface area (Å²) in [5.41, 5.74) is 1.31. The van der Waals surface area contributed by atoms with Crippen LogP contribution in [0.25, 0.3) is 0 Å². The van der Waals surface area contributed by atoms with Crippen LogP contribution in [0.1, 0.15) is 11.6 Å². The molecule has 1 fully saturated rings. The number of rotatable bonds is 3. The van der Waals surface area contributed by atoms with Gasteiger partial charge < -0.3 is 5.32 Å². The van der Waals surface area contributed by atoms with Crippen LogP contribution in [0.5, 0.6) is 0 Å². The van der Waals surface area contributed by atoms with Gasteiger partial charge >= 0.3 is 0 Å². The smallest absolute Gasteiger partial charge is 0.0541 e. The average Bonchev–Trinajstić information content (AvgIpc) is 2.34. The fraction of sp³-hybridized carbons (Fsp3) is 0.385. The highest BCUT2D eigenvalue weighted by molar-refractivity contribution is 9.10. The molecule has 86 valence electrons. The molecular formula is C13H17BrN2. The molecule has 0 unspecified atom stereocenters. The summed E-state index contributed by atoms with van der Waals surface area (Å²) in [5.74, 6) is 0. The van der Waals surface area contributed by atoms with Gasteiger partial charge in [0.2, 0.25) is 0 Å². The second-order valence-electron chi connectivity index (χ2n) is 3.99. The van der Waals surface area contributed by atoms with Crippen LogP contribution >= 0.6 is 15.9 Å². The number of benzene rings is 1. The van der Waals surface area contributed by atoms with Crippen molar-refractivity contribution in [2.75, 3.05) is 26.2 Å². The minimum absolute atomic E-state index is 0.317. The number of piperazine rings is 1. The van der Waals surface area contributed by atoms with Crippen molar-refractivity contribution < 1.29 is 0 Å². The fourth-order valence-electron chi connectivity index (χ4n) is 2.15. The molecule has 0 spiro atoms. The maximum Gasteiger partial charge on any atom is 0.0541 e. The number of hydrogen-bond donors (Lipinski definition) is 1. The third-order valence-electron chi connectivity index (χ3n) is 2.99. The Hall–Kier alpha value is -0.640. The predicted octanol–water partition coefficient (Wildman–Crippen LogP) is 2.58. The van der Waals surface area contributed by atoms with E-state index in [0.717, 1.165) is 26.2 Å². The zero-order chi connectivity index (χ0) is 11.4. The molecule has 1 aromatic carbocycles. The van der Waals surface area contributed by atoms with Gasteiger partial charge in [-0.05, 0) is 11.6 Å². The lowest BCUT2D eigenvalue weighted by atomic mass is 10.0. The molecule has 16 heavy (non-hydrogen) atoms.